The second kappa shape index (κ2) is 9.37. The monoisotopic (exact) mass is 333 g/mol. The molecule has 1 saturated carbocycles. The van der Waals surface area contributed by atoms with Gasteiger partial charge in [0, 0.05) is 26.8 Å². The summed E-state index contributed by atoms with van der Waals surface area (Å²) in [6.07, 6.45) is 5.89. The number of ether oxygens (including phenoxy) is 1. The summed E-state index contributed by atoms with van der Waals surface area (Å²) in [5.74, 6) is 0.780. The molecular formula is C18H27N3O3. The number of nitrogens with one attached hydrogen (secondary N) is 2. The molecule has 1 unspecified atom stereocenters. The number of carbonyl (C=O) groups excluding carboxylic acids is 2. The second-order valence-electron chi connectivity index (χ2n) is 6.45. The maximum absolute atomic E-state index is 11.6. The Labute approximate surface area is 143 Å². The van der Waals surface area contributed by atoms with Gasteiger partial charge in [-0.25, -0.2) is 0 Å². The summed E-state index contributed by atoms with van der Waals surface area (Å²) in [6, 6.07) is 5.77. The van der Waals surface area contributed by atoms with Gasteiger partial charge in [-0.2, -0.15) is 0 Å². The van der Waals surface area contributed by atoms with Crippen LogP contribution in [-0.2, 0) is 14.3 Å². The van der Waals surface area contributed by atoms with Gasteiger partial charge < -0.3 is 15.4 Å². The molecule has 2 rings (SSSR count). The Kier molecular flexibility index (Phi) is 7.18. The first kappa shape index (κ1) is 18.4. The molecule has 0 saturated heterocycles. The third kappa shape index (κ3) is 5.60. The normalized spacial score (nSPS) is 21.8. The van der Waals surface area contributed by atoms with E-state index in [1.165, 1.54) is 7.11 Å². The molecule has 2 amide bonds. The molecule has 2 N–H and O–H groups in total. The van der Waals surface area contributed by atoms with Crippen molar-refractivity contribution in [1.82, 2.24) is 15.6 Å². The van der Waals surface area contributed by atoms with E-state index in [9.17, 15) is 9.59 Å². The van der Waals surface area contributed by atoms with Crippen molar-refractivity contribution in [3.63, 3.8) is 0 Å². The van der Waals surface area contributed by atoms with Crippen LogP contribution in [-0.4, -0.2) is 37.1 Å². The van der Waals surface area contributed by atoms with Crippen LogP contribution in [0.3, 0.4) is 0 Å². The maximum atomic E-state index is 11.6. The zero-order chi connectivity index (χ0) is 17.4. The standard InChI is InChI=1S/C18H27N3O3/c1-13(22)21-18(16-5-3-4-10-19-16)15-8-6-14(7-9-15)11-20-17(23)12-24-2/h3-5,10,14-15,18H,6-9,11-12H2,1-2H3,(H,20,23)(H,21,22). The molecule has 24 heavy (non-hydrogen) atoms. The molecule has 6 nitrogen and oxygen atoms in total. The molecule has 0 aliphatic heterocycles. The lowest BCUT2D eigenvalue weighted by atomic mass is 9.77. The molecule has 1 fully saturated rings. The van der Waals surface area contributed by atoms with Crippen molar-refractivity contribution >= 4 is 11.8 Å². The first-order valence-corrected chi connectivity index (χ1v) is 8.53. The number of pyridine rings is 1. The molecule has 1 atom stereocenters. The topological polar surface area (TPSA) is 80.3 Å². The smallest absolute Gasteiger partial charge is 0.245 e. The molecule has 1 aliphatic rings. The highest BCUT2D eigenvalue weighted by molar-refractivity contribution is 5.77. The average molecular weight is 333 g/mol. The van der Waals surface area contributed by atoms with E-state index in [1.54, 1.807) is 13.1 Å². The van der Waals surface area contributed by atoms with E-state index in [0.717, 1.165) is 31.4 Å². The van der Waals surface area contributed by atoms with E-state index in [4.69, 9.17) is 4.74 Å². The van der Waals surface area contributed by atoms with Crippen molar-refractivity contribution in [2.24, 2.45) is 11.8 Å². The van der Waals surface area contributed by atoms with Gasteiger partial charge in [0.25, 0.3) is 0 Å². The number of hydrogen-bond donors (Lipinski definition) is 2. The lowest BCUT2D eigenvalue weighted by Gasteiger charge is -2.34. The molecule has 1 aromatic rings. The van der Waals surface area contributed by atoms with Gasteiger partial charge in [-0.3, -0.25) is 14.6 Å². The highest BCUT2D eigenvalue weighted by Gasteiger charge is 2.30. The summed E-state index contributed by atoms with van der Waals surface area (Å²) in [4.78, 5) is 27.5. The van der Waals surface area contributed by atoms with E-state index < -0.39 is 0 Å². The Balaban J connectivity index is 1.88. The van der Waals surface area contributed by atoms with Crippen molar-refractivity contribution in [1.29, 1.82) is 0 Å². The van der Waals surface area contributed by atoms with Crippen molar-refractivity contribution in [2.75, 3.05) is 20.3 Å². The number of nitrogens with zero attached hydrogens (tertiary/aromatic N) is 1. The summed E-state index contributed by atoms with van der Waals surface area (Å²) in [6.45, 7) is 2.36. The first-order chi connectivity index (χ1) is 11.6. The van der Waals surface area contributed by atoms with Crippen LogP contribution in [0.4, 0.5) is 0 Å². The fraction of sp³-hybridized carbons (Fsp3) is 0.611. The average Bonchev–Trinajstić information content (AvgIpc) is 2.59. The van der Waals surface area contributed by atoms with Gasteiger partial charge in [0.05, 0.1) is 11.7 Å². The molecule has 1 heterocycles. The van der Waals surface area contributed by atoms with Crippen molar-refractivity contribution in [3.8, 4) is 0 Å². The van der Waals surface area contributed by atoms with Gasteiger partial charge in [-0.1, -0.05) is 6.07 Å². The SMILES string of the molecule is COCC(=O)NCC1CCC(C(NC(C)=O)c2ccccn2)CC1. The Morgan fingerprint density at radius 2 is 2.04 bits per heavy atom. The molecule has 6 heteroatoms. The van der Waals surface area contributed by atoms with Crippen LogP contribution in [0.1, 0.15) is 44.3 Å². The molecule has 0 bridgehead atoms. The Morgan fingerprint density at radius 1 is 1.29 bits per heavy atom. The zero-order valence-electron chi connectivity index (χ0n) is 14.5. The quantitative estimate of drug-likeness (QED) is 0.798. The van der Waals surface area contributed by atoms with Gasteiger partial charge in [0.1, 0.15) is 6.61 Å². The highest BCUT2D eigenvalue weighted by Crippen LogP contribution is 2.36. The van der Waals surface area contributed by atoms with Crippen LogP contribution in [0.15, 0.2) is 24.4 Å². The third-order valence-corrected chi connectivity index (χ3v) is 4.59. The fourth-order valence-electron chi connectivity index (χ4n) is 3.38. The number of rotatable bonds is 7. The van der Waals surface area contributed by atoms with Crippen LogP contribution in [0, 0.1) is 11.8 Å². The number of aromatic nitrogens is 1. The van der Waals surface area contributed by atoms with Crippen LogP contribution in [0.25, 0.3) is 0 Å². The van der Waals surface area contributed by atoms with E-state index in [1.807, 2.05) is 18.2 Å². The van der Waals surface area contributed by atoms with Crippen molar-refractivity contribution < 1.29 is 14.3 Å². The summed E-state index contributed by atoms with van der Waals surface area (Å²) in [7, 11) is 1.52. The van der Waals surface area contributed by atoms with E-state index in [2.05, 4.69) is 15.6 Å². The summed E-state index contributed by atoms with van der Waals surface area (Å²) < 4.78 is 4.82. The molecular weight excluding hydrogens is 306 g/mol. The number of hydrogen-bond acceptors (Lipinski definition) is 4. The molecule has 1 aromatic heterocycles. The molecule has 1 aliphatic carbocycles. The predicted molar refractivity (Wildman–Crippen MR) is 91.1 cm³/mol. The van der Waals surface area contributed by atoms with E-state index in [0.29, 0.717) is 18.4 Å². The van der Waals surface area contributed by atoms with Crippen molar-refractivity contribution in [3.05, 3.63) is 30.1 Å². The molecule has 132 valence electrons. The Bertz CT molecular complexity index is 528. The summed E-state index contributed by atoms with van der Waals surface area (Å²) in [5.41, 5.74) is 0.921. The van der Waals surface area contributed by atoms with Crippen LogP contribution in [0.5, 0.6) is 0 Å². The van der Waals surface area contributed by atoms with Gasteiger partial charge >= 0.3 is 0 Å². The van der Waals surface area contributed by atoms with E-state index >= 15 is 0 Å². The predicted octanol–water partition coefficient (Wildman–Crippen LogP) is 1.83. The van der Waals surface area contributed by atoms with Gasteiger partial charge in [-0.15, -0.1) is 0 Å². The van der Waals surface area contributed by atoms with Crippen LogP contribution in [0.2, 0.25) is 0 Å². The second-order valence-corrected chi connectivity index (χ2v) is 6.45. The minimum absolute atomic E-state index is 0.0281. The van der Waals surface area contributed by atoms with E-state index in [-0.39, 0.29) is 24.5 Å². The largest absolute Gasteiger partial charge is 0.375 e. The maximum Gasteiger partial charge on any atom is 0.245 e. The summed E-state index contributed by atoms with van der Waals surface area (Å²) >= 11 is 0. The van der Waals surface area contributed by atoms with Crippen LogP contribution < -0.4 is 10.6 Å². The number of methoxy groups -OCH3 is 1. The van der Waals surface area contributed by atoms with Gasteiger partial charge in [0.2, 0.25) is 11.8 Å². The summed E-state index contributed by atoms with van der Waals surface area (Å²) in [5, 5.41) is 5.98. The minimum Gasteiger partial charge on any atom is -0.375 e. The van der Waals surface area contributed by atoms with Gasteiger partial charge in [-0.05, 0) is 49.7 Å². The zero-order valence-corrected chi connectivity index (χ0v) is 14.5. The number of carbonyl (C=O) groups is 2. The first-order valence-electron chi connectivity index (χ1n) is 8.53. The molecule has 0 spiro atoms. The fourth-order valence-corrected chi connectivity index (χ4v) is 3.38. The molecule has 0 aromatic carbocycles. The minimum atomic E-state index is -0.0655. The van der Waals surface area contributed by atoms with Crippen molar-refractivity contribution in [2.45, 2.75) is 38.6 Å². The Morgan fingerprint density at radius 3 is 2.62 bits per heavy atom. The van der Waals surface area contributed by atoms with Gasteiger partial charge in [0.15, 0.2) is 0 Å². The lowest BCUT2D eigenvalue weighted by molar-refractivity contribution is -0.125. The molecule has 0 radical (unpaired) electrons. The highest BCUT2D eigenvalue weighted by atomic mass is 16.5. The lowest BCUT2D eigenvalue weighted by Crippen LogP contribution is -2.37. The van der Waals surface area contributed by atoms with Crippen LogP contribution >= 0.6 is 0 Å². The Hall–Kier alpha value is -1.95. The third-order valence-electron chi connectivity index (χ3n) is 4.59. The number of amides is 2.